The van der Waals surface area contributed by atoms with Crippen molar-refractivity contribution in [2.45, 2.75) is 27.4 Å². The summed E-state index contributed by atoms with van der Waals surface area (Å²) in [6.45, 7) is 5.92. The molecule has 3 rings (SSSR count). The summed E-state index contributed by atoms with van der Waals surface area (Å²) >= 11 is 1.57. The van der Waals surface area contributed by atoms with E-state index in [1.54, 1.807) is 35.6 Å². The Kier molecular flexibility index (Phi) is 6.61. The normalized spacial score (nSPS) is 10.4. The smallest absolute Gasteiger partial charge is 0.338 e. The fourth-order valence-electron chi connectivity index (χ4n) is 2.55. The summed E-state index contributed by atoms with van der Waals surface area (Å²) in [6, 6.07) is 12.2. The van der Waals surface area contributed by atoms with E-state index in [0.29, 0.717) is 23.6 Å². The summed E-state index contributed by atoms with van der Waals surface area (Å²) in [7, 11) is 0. The average molecular weight is 410 g/mol. The Hall–Kier alpha value is -3.19. The summed E-state index contributed by atoms with van der Waals surface area (Å²) < 4.78 is 10.7. The first-order valence-electron chi connectivity index (χ1n) is 9.09. The molecule has 29 heavy (non-hydrogen) atoms. The third-order valence-corrected chi connectivity index (χ3v) is 5.09. The quantitative estimate of drug-likeness (QED) is 0.583. The van der Waals surface area contributed by atoms with Gasteiger partial charge in [-0.2, -0.15) is 0 Å². The minimum Gasteiger partial charge on any atom is -0.487 e. The molecule has 3 aromatic rings. The molecule has 0 aliphatic rings. The van der Waals surface area contributed by atoms with Crippen LogP contribution in [0.1, 0.15) is 32.2 Å². The van der Waals surface area contributed by atoms with Crippen molar-refractivity contribution >= 4 is 28.9 Å². The van der Waals surface area contributed by atoms with Gasteiger partial charge in [0.1, 0.15) is 12.4 Å². The lowest BCUT2D eigenvalue weighted by molar-refractivity contribution is -0.119. The van der Waals surface area contributed by atoms with Crippen molar-refractivity contribution in [3.05, 3.63) is 75.2 Å². The maximum Gasteiger partial charge on any atom is 0.338 e. The lowest BCUT2D eigenvalue weighted by Gasteiger charge is -2.09. The maximum absolute atomic E-state index is 12.1. The first-order valence-corrected chi connectivity index (χ1v) is 9.97. The largest absolute Gasteiger partial charge is 0.487 e. The molecule has 1 N–H and O–H groups in total. The number of aromatic nitrogens is 1. The second-order valence-corrected chi connectivity index (χ2v) is 7.66. The molecule has 2 aromatic carbocycles. The van der Waals surface area contributed by atoms with Crippen LogP contribution in [0.25, 0.3) is 0 Å². The van der Waals surface area contributed by atoms with Crippen LogP contribution in [0.4, 0.5) is 5.69 Å². The second kappa shape index (κ2) is 9.34. The highest BCUT2D eigenvalue weighted by Gasteiger charge is 2.11. The molecule has 0 fully saturated rings. The summed E-state index contributed by atoms with van der Waals surface area (Å²) in [5, 5.41) is 5.66. The number of carbonyl (C=O) groups is 2. The van der Waals surface area contributed by atoms with Gasteiger partial charge in [-0.3, -0.25) is 4.79 Å². The molecule has 6 nitrogen and oxygen atoms in total. The molecule has 150 valence electrons. The number of benzene rings is 2. The predicted octanol–water partition coefficient (Wildman–Crippen LogP) is 4.44. The van der Waals surface area contributed by atoms with Crippen LogP contribution in [0, 0.1) is 20.8 Å². The van der Waals surface area contributed by atoms with Crippen molar-refractivity contribution < 1.29 is 19.1 Å². The van der Waals surface area contributed by atoms with Crippen molar-refractivity contribution in [1.29, 1.82) is 0 Å². The number of nitrogens with one attached hydrogen (secondary N) is 1. The van der Waals surface area contributed by atoms with Crippen LogP contribution in [0.2, 0.25) is 0 Å². The number of carbonyl (C=O) groups excluding carboxylic acids is 2. The number of aryl methyl sites for hydroxylation is 3. The number of thiazole rings is 1. The molecular formula is C22H22N2O4S. The predicted molar refractivity (Wildman–Crippen MR) is 112 cm³/mol. The molecule has 0 radical (unpaired) electrons. The Balaban J connectivity index is 1.47. The number of esters is 1. The van der Waals surface area contributed by atoms with Gasteiger partial charge in [0.2, 0.25) is 0 Å². The van der Waals surface area contributed by atoms with Crippen LogP contribution in [0.15, 0.2) is 47.8 Å². The minimum absolute atomic E-state index is 0.348. The van der Waals surface area contributed by atoms with Crippen LogP contribution >= 0.6 is 11.3 Å². The lowest BCUT2D eigenvalue weighted by Crippen LogP contribution is -2.21. The van der Waals surface area contributed by atoms with Crippen molar-refractivity contribution in [2.75, 3.05) is 11.9 Å². The van der Waals surface area contributed by atoms with E-state index in [0.717, 1.165) is 21.8 Å². The summed E-state index contributed by atoms with van der Waals surface area (Å²) in [5.74, 6) is -0.332. The van der Waals surface area contributed by atoms with Crippen LogP contribution in [0.5, 0.6) is 5.75 Å². The third-order valence-electron chi connectivity index (χ3n) is 4.27. The third kappa shape index (κ3) is 5.89. The van der Waals surface area contributed by atoms with Crippen LogP contribution in [-0.4, -0.2) is 23.5 Å². The number of nitrogens with zero attached hydrogens (tertiary/aromatic N) is 1. The summed E-state index contributed by atoms with van der Waals surface area (Å²) in [5.41, 5.74) is 4.10. The fourth-order valence-corrected chi connectivity index (χ4v) is 3.15. The molecule has 0 spiro atoms. The molecular weight excluding hydrogens is 388 g/mol. The van der Waals surface area contributed by atoms with Gasteiger partial charge in [-0.25, -0.2) is 9.78 Å². The molecule has 0 saturated heterocycles. The Morgan fingerprint density at radius 1 is 1.03 bits per heavy atom. The van der Waals surface area contributed by atoms with E-state index in [1.807, 2.05) is 44.4 Å². The van der Waals surface area contributed by atoms with Gasteiger partial charge in [-0.15, -0.1) is 11.3 Å². The van der Waals surface area contributed by atoms with E-state index >= 15 is 0 Å². The van der Waals surface area contributed by atoms with E-state index in [-0.39, 0.29) is 12.5 Å². The van der Waals surface area contributed by atoms with Crippen LogP contribution in [-0.2, 0) is 16.1 Å². The standard InChI is InChI=1S/C22H22N2O4S/c1-14-4-7-18(10-15(14)2)24-21(25)12-28-22(26)17-5-8-20(9-6-17)27-11-19-13-29-16(3)23-19/h4-10,13H,11-12H2,1-3H3,(H,24,25). The first kappa shape index (κ1) is 20.5. The van der Waals surface area contributed by atoms with Gasteiger partial charge in [0, 0.05) is 11.1 Å². The zero-order chi connectivity index (χ0) is 20.8. The van der Waals surface area contributed by atoms with E-state index in [9.17, 15) is 9.59 Å². The van der Waals surface area contributed by atoms with Gasteiger partial charge in [-0.1, -0.05) is 6.07 Å². The fraction of sp³-hybridized carbons (Fsp3) is 0.227. The average Bonchev–Trinajstić information content (AvgIpc) is 3.13. The molecule has 0 aliphatic carbocycles. The highest BCUT2D eigenvalue weighted by Crippen LogP contribution is 2.17. The van der Waals surface area contributed by atoms with Gasteiger partial charge >= 0.3 is 5.97 Å². The molecule has 1 aromatic heterocycles. The molecule has 0 saturated carbocycles. The van der Waals surface area contributed by atoms with Crippen LogP contribution < -0.4 is 10.1 Å². The van der Waals surface area contributed by atoms with Gasteiger partial charge in [0.25, 0.3) is 5.91 Å². The van der Waals surface area contributed by atoms with Crippen molar-refractivity contribution in [2.24, 2.45) is 0 Å². The molecule has 7 heteroatoms. The summed E-state index contributed by atoms with van der Waals surface area (Å²) in [4.78, 5) is 28.5. The highest BCUT2D eigenvalue weighted by molar-refractivity contribution is 7.09. The second-order valence-electron chi connectivity index (χ2n) is 6.59. The van der Waals surface area contributed by atoms with Gasteiger partial charge in [0.05, 0.1) is 16.3 Å². The Morgan fingerprint density at radius 3 is 2.45 bits per heavy atom. The molecule has 0 aliphatic heterocycles. The van der Waals surface area contributed by atoms with Gasteiger partial charge < -0.3 is 14.8 Å². The maximum atomic E-state index is 12.1. The van der Waals surface area contributed by atoms with Crippen molar-refractivity contribution in [3.63, 3.8) is 0 Å². The van der Waals surface area contributed by atoms with Crippen LogP contribution in [0.3, 0.4) is 0 Å². The number of rotatable bonds is 7. The zero-order valence-electron chi connectivity index (χ0n) is 16.5. The summed E-state index contributed by atoms with van der Waals surface area (Å²) in [6.07, 6.45) is 0. The van der Waals surface area contributed by atoms with Gasteiger partial charge in [-0.05, 0) is 68.3 Å². The number of ether oxygens (including phenoxy) is 2. The topological polar surface area (TPSA) is 77.5 Å². The Labute approximate surface area is 173 Å². The zero-order valence-corrected chi connectivity index (χ0v) is 17.3. The monoisotopic (exact) mass is 410 g/mol. The number of amides is 1. The highest BCUT2D eigenvalue weighted by atomic mass is 32.1. The van der Waals surface area contributed by atoms with E-state index in [1.165, 1.54) is 0 Å². The van der Waals surface area contributed by atoms with Crippen molar-refractivity contribution in [1.82, 2.24) is 4.98 Å². The first-order chi connectivity index (χ1) is 13.9. The minimum atomic E-state index is -0.568. The van der Waals surface area contributed by atoms with E-state index < -0.39 is 5.97 Å². The van der Waals surface area contributed by atoms with Gasteiger partial charge in [0.15, 0.2) is 6.61 Å². The Bertz CT molecular complexity index is 1010. The molecule has 0 atom stereocenters. The molecule has 1 heterocycles. The SMILES string of the molecule is Cc1nc(COc2ccc(C(=O)OCC(=O)Nc3ccc(C)c(C)c3)cc2)cs1. The molecule has 0 unspecified atom stereocenters. The molecule has 0 bridgehead atoms. The number of hydrogen-bond donors (Lipinski definition) is 1. The van der Waals surface area contributed by atoms with E-state index in [4.69, 9.17) is 9.47 Å². The lowest BCUT2D eigenvalue weighted by atomic mass is 10.1. The Morgan fingerprint density at radius 2 is 1.79 bits per heavy atom. The van der Waals surface area contributed by atoms with E-state index in [2.05, 4.69) is 10.3 Å². The number of hydrogen-bond acceptors (Lipinski definition) is 6. The molecule has 1 amide bonds. The number of anilines is 1. The van der Waals surface area contributed by atoms with Crippen molar-refractivity contribution in [3.8, 4) is 5.75 Å².